The van der Waals surface area contributed by atoms with Gasteiger partial charge >= 0.3 is 0 Å². The molecule has 0 spiro atoms. The molecular weight excluding hydrogens is 330 g/mol. The average Bonchev–Trinajstić information content (AvgIpc) is 3.07. The largest absolute Gasteiger partial charge is 0.342 e. The lowest BCUT2D eigenvalue weighted by Crippen LogP contribution is -2.34. The number of hydrogen-bond donors (Lipinski definition) is 1. The fourth-order valence-corrected chi connectivity index (χ4v) is 2.83. The smallest absolute Gasteiger partial charge is 0.255 e. The van der Waals surface area contributed by atoms with E-state index in [0.717, 1.165) is 38.1 Å². The molecule has 2 heterocycles. The monoisotopic (exact) mass is 348 g/mol. The van der Waals surface area contributed by atoms with Crippen molar-refractivity contribution < 1.29 is 13.6 Å². The molecule has 0 bridgehead atoms. The van der Waals surface area contributed by atoms with Gasteiger partial charge in [-0.2, -0.15) is 0 Å². The number of amides is 1. The summed E-state index contributed by atoms with van der Waals surface area (Å²) in [4.78, 5) is 30.9. The summed E-state index contributed by atoms with van der Waals surface area (Å²) in [6.07, 6.45) is 2.01. The molecule has 3 rings (SSSR count). The molecule has 8 heteroatoms. The van der Waals surface area contributed by atoms with Gasteiger partial charge in [0.25, 0.3) is 5.56 Å². The maximum atomic E-state index is 13.2. The van der Waals surface area contributed by atoms with Gasteiger partial charge in [0.2, 0.25) is 11.9 Å². The first kappa shape index (κ1) is 17.1. The average molecular weight is 348 g/mol. The van der Waals surface area contributed by atoms with Crippen LogP contribution >= 0.6 is 0 Å². The standard InChI is InChI=1S/C17H18F2N4O2/c1-11-8-16(25)23(17(20-11)22-6-2-3-7-22)10-15(24)21-12-4-5-13(18)14(19)9-12/h4-5,8-9H,2-3,6-7,10H2,1H3,(H,21,24). The third-order valence-electron chi connectivity index (χ3n) is 4.01. The molecule has 2 aromatic rings. The fraction of sp³-hybridized carbons (Fsp3) is 0.353. The third kappa shape index (κ3) is 3.84. The summed E-state index contributed by atoms with van der Waals surface area (Å²) in [6.45, 7) is 3.03. The Kier molecular flexibility index (Phi) is 4.78. The van der Waals surface area contributed by atoms with E-state index in [1.165, 1.54) is 16.7 Å². The molecular formula is C17H18F2N4O2. The summed E-state index contributed by atoms with van der Waals surface area (Å²) in [6, 6.07) is 4.45. The number of nitrogens with zero attached hydrogens (tertiary/aromatic N) is 3. The summed E-state index contributed by atoms with van der Waals surface area (Å²) in [7, 11) is 0. The second-order valence-electron chi connectivity index (χ2n) is 5.99. The van der Waals surface area contributed by atoms with Gasteiger partial charge < -0.3 is 10.2 Å². The molecule has 1 amide bonds. The van der Waals surface area contributed by atoms with Crippen LogP contribution in [0.4, 0.5) is 20.4 Å². The second kappa shape index (κ2) is 7.00. The fourth-order valence-electron chi connectivity index (χ4n) is 2.83. The number of carbonyl (C=O) groups is 1. The molecule has 132 valence electrons. The van der Waals surface area contributed by atoms with E-state index in [2.05, 4.69) is 10.3 Å². The zero-order valence-corrected chi connectivity index (χ0v) is 13.8. The van der Waals surface area contributed by atoms with Crippen molar-refractivity contribution in [3.63, 3.8) is 0 Å². The van der Waals surface area contributed by atoms with Crippen molar-refractivity contribution in [1.29, 1.82) is 0 Å². The summed E-state index contributed by atoms with van der Waals surface area (Å²) in [5.41, 5.74) is 0.388. The number of anilines is 2. The Labute approximate surface area is 143 Å². The molecule has 1 aliphatic heterocycles. The Balaban J connectivity index is 1.82. The Morgan fingerprint density at radius 3 is 2.60 bits per heavy atom. The Hall–Kier alpha value is -2.77. The van der Waals surface area contributed by atoms with E-state index in [4.69, 9.17) is 0 Å². The molecule has 25 heavy (non-hydrogen) atoms. The van der Waals surface area contributed by atoms with Gasteiger partial charge in [0.05, 0.1) is 0 Å². The molecule has 0 atom stereocenters. The predicted molar refractivity (Wildman–Crippen MR) is 89.7 cm³/mol. The lowest BCUT2D eigenvalue weighted by molar-refractivity contribution is -0.116. The van der Waals surface area contributed by atoms with Gasteiger partial charge in [-0.05, 0) is 31.9 Å². The van der Waals surface area contributed by atoms with Gasteiger partial charge in [0.1, 0.15) is 6.54 Å². The first-order chi connectivity index (χ1) is 11.9. The molecule has 0 saturated carbocycles. The number of hydrogen-bond acceptors (Lipinski definition) is 4. The molecule has 0 radical (unpaired) electrons. The molecule has 1 fully saturated rings. The minimum absolute atomic E-state index is 0.125. The van der Waals surface area contributed by atoms with Crippen LogP contribution in [0.2, 0.25) is 0 Å². The van der Waals surface area contributed by atoms with E-state index in [1.807, 2.05) is 4.90 Å². The number of aromatic nitrogens is 2. The predicted octanol–water partition coefficient (Wildman–Crippen LogP) is 2.07. The van der Waals surface area contributed by atoms with Crippen LogP contribution in [0.3, 0.4) is 0 Å². The van der Waals surface area contributed by atoms with E-state index in [1.54, 1.807) is 6.92 Å². The highest BCUT2D eigenvalue weighted by molar-refractivity contribution is 5.90. The minimum Gasteiger partial charge on any atom is -0.342 e. The van der Waals surface area contributed by atoms with Crippen LogP contribution in [-0.2, 0) is 11.3 Å². The lowest BCUT2D eigenvalue weighted by Gasteiger charge is -2.21. The minimum atomic E-state index is -1.05. The zero-order valence-electron chi connectivity index (χ0n) is 13.8. The Morgan fingerprint density at radius 1 is 1.20 bits per heavy atom. The van der Waals surface area contributed by atoms with Crippen LogP contribution in [0.5, 0.6) is 0 Å². The van der Waals surface area contributed by atoms with Crippen molar-refractivity contribution in [2.45, 2.75) is 26.3 Å². The number of rotatable bonds is 4. The van der Waals surface area contributed by atoms with Crippen molar-refractivity contribution in [3.8, 4) is 0 Å². The summed E-state index contributed by atoms with van der Waals surface area (Å²) >= 11 is 0. The maximum absolute atomic E-state index is 13.2. The van der Waals surface area contributed by atoms with E-state index < -0.39 is 17.5 Å². The topological polar surface area (TPSA) is 67.2 Å². The van der Waals surface area contributed by atoms with Gasteiger partial charge in [0.15, 0.2) is 11.6 Å². The molecule has 0 unspecified atom stereocenters. The van der Waals surface area contributed by atoms with Crippen LogP contribution in [-0.4, -0.2) is 28.5 Å². The zero-order chi connectivity index (χ0) is 18.0. The van der Waals surface area contributed by atoms with Crippen LogP contribution in [0.25, 0.3) is 0 Å². The van der Waals surface area contributed by atoms with Crippen LogP contribution in [0.1, 0.15) is 18.5 Å². The van der Waals surface area contributed by atoms with Gasteiger partial charge in [0, 0.05) is 36.6 Å². The Bertz CT molecular complexity index is 860. The van der Waals surface area contributed by atoms with E-state index >= 15 is 0 Å². The highest BCUT2D eigenvalue weighted by Crippen LogP contribution is 2.17. The highest BCUT2D eigenvalue weighted by Gasteiger charge is 2.20. The molecule has 0 aliphatic carbocycles. The first-order valence-corrected chi connectivity index (χ1v) is 8.02. The Morgan fingerprint density at radius 2 is 1.92 bits per heavy atom. The van der Waals surface area contributed by atoms with Gasteiger partial charge in [-0.15, -0.1) is 0 Å². The van der Waals surface area contributed by atoms with Crippen molar-refractivity contribution in [1.82, 2.24) is 9.55 Å². The van der Waals surface area contributed by atoms with Crippen molar-refractivity contribution in [2.75, 3.05) is 23.3 Å². The second-order valence-corrected chi connectivity index (χ2v) is 5.99. The normalized spacial score (nSPS) is 14.0. The van der Waals surface area contributed by atoms with Crippen LogP contribution in [0, 0.1) is 18.6 Å². The van der Waals surface area contributed by atoms with Crippen LogP contribution < -0.4 is 15.8 Å². The SMILES string of the molecule is Cc1cc(=O)n(CC(=O)Nc2ccc(F)c(F)c2)c(N2CCCC2)n1. The number of carbonyl (C=O) groups excluding carboxylic acids is 1. The lowest BCUT2D eigenvalue weighted by atomic mass is 10.3. The van der Waals surface area contributed by atoms with E-state index in [-0.39, 0.29) is 17.8 Å². The number of aryl methyl sites for hydroxylation is 1. The molecule has 1 aromatic carbocycles. The number of benzene rings is 1. The molecule has 1 N–H and O–H groups in total. The first-order valence-electron chi connectivity index (χ1n) is 8.02. The van der Waals surface area contributed by atoms with E-state index in [9.17, 15) is 18.4 Å². The van der Waals surface area contributed by atoms with Gasteiger partial charge in [-0.25, -0.2) is 13.8 Å². The molecule has 1 saturated heterocycles. The van der Waals surface area contributed by atoms with Crippen LogP contribution in [0.15, 0.2) is 29.1 Å². The number of nitrogens with one attached hydrogen (secondary N) is 1. The number of halogens is 2. The quantitative estimate of drug-likeness (QED) is 0.919. The summed E-state index contributed by atoms with van der Waals surface area (Å²) < 4.78 is 27.5. The molecule has 1 aliphatic rings. The highest BCUT2D eigenvalue weighted by atomic mass is 19.2. The summed E-state index contributed by atoms with van der Waals surface area (Å²) in [5.74, 6) is -2.10. The van der Waals surface area contributed by atoms with Crippen molar-refractivity contribution in [3.05, 3.63) is 51.9 Å². The van der Waals surface area contributed by atoms with Gasteiger partial charge in [-0.3, -0.25) is 14.2 Å². The third-order valence-corrected chi connectivity index (χ3v) is 4.01. The summed E-state index contributed by atoms with van der Waals surface area (Å²) in [5, 5.41) is 2.47. The molecule has 6 nitrogen and oxygen atoms in total. The van der Waals surface area contributed by atoms with Crippen molar-refractivity contribution in [2.24, 2.45) is 0 Å². The van der Waals surface area contributed by atoms with E-state index in [0.29, 0.717) is 11.6 Å². The van der Waals surface area contributed by atoms with Crippen molar-refractivity contribution >= 4 is 17.5 Å². The van der Waals surface area contributed by atoms with Gasteiger partial charge in [-0.1, -0.05) is 0 Å². The maximum Gasteiger partial charge on any atom is 0.255 e. The molecule has 1 aromatic heterocycles.